The molecule has 2 aromatic heterocycles. The van der Waals surface area contributed by atoms with E-state index in [1.54, 1.807) is 11.3 Å². The van der Waals surface area contributed by atoms with Crippen molar-refractivity contribution < 1.29 is 0 Å². The predicted molar refractivity (Wildman–Crippen MR) is 121 cm³/mol. The van der Waals surface area contributed by atoms with Gasteiger partial charge in [-0.05, 0) is 20.8 Å². The molecule has 8 heteroatoms. The van der Waals surface area contributed by atoms with E-state index in [0.717, 1.165) is 34.6 Å². The van der Waals surface area contributed by atoms with Crippen LogP contribution in [0.15, 0.2) is 10.4 Å². The van der Waals surface area contributed by atoms with Gasteiger partial charge in [-0.1, -0.05) is 20.8 Å². The first-order valence-electron chi connectivity index (χ1n) is 8.68. The van der Waals surface area contributed by atoms with Gasteiger partial charge >= 0.3 is 0 Å². The van der Waals surface area contributed by atoms with Crippen molar-refractivity contribution in [1.82, 2.24) is 25.4 Å². The lowest BCUT2D eigenvalue weighted by Crippen LogP contribution is -2.36. The van der Waals surface area contributed by atoms with Crippen molar-refractivity contribution in [2.45, 2.75) is 60.0 Å². The number of rotatable bonds is 5. The van der Waals surface area contributed by atoms with Gasteiger partial charge in [0, 0.05) is 35.6 Å². The van der Waals surface area contributed by atoms with Crippen LogP contribution in [0.25, 0.3) is 0 Å². The highest BCUT2D eigenvalue weighted by Crippen LogP contribution is 2.23. The first-order chi connectivity index (χ1) is 11.7. The average molecular weight is 490 g/mol. The Hall–Kier alpha value is -1.16. The molecule has 2 N–H and O–H groups in total. The molecule has 26 heavy (non-hydrogen) atoms. The highest BCUT2D eigenvalue weighted by Gasteiger charge is 2.17. The molecule has 0 saturated carbocycles. The molecule has 0 aliphatic heterocycles. The highest BCUT2D eigenvalue weighted by molar-refractivity contribution is 14.0. The van der Waals surface area contributed by atoms with E-state index < -0.39 is 0 Å². The number of aromatic nitrogens is 3. The fourth-order valence-electron chi connectivity index (χ4n) is 2.44. The molecule has 0 radical (unpaired) electrons. The zero-order chi connectivity index (χ0) is 18.6. The summed E-state index contributed by atoms with van der Waals surface area (Å²) in [5.74, 6) is 0.803. The summed E-state index contributed by atoms with van der Waals surface area (Å²) in [7, 11) is 1.97. The number of nitrogens with zero attached hydrogens (tertiary/aromatic N) is 4. The molecule has 0 saturated heterocycles. The van der Waals surface area contributed by atoms with Crippen molar-refractivity contribution in [3.8, 4) is 0 Å². The number of hydrogen-bond acceptors (Lipinski definition) is 4. The molecule has 0 bridgehead atoms. The molecule has 0 aliphatic carbocycles. The summed E-state index contributed by atoms with van der Waals surface area (Å²) in [4.78, 5) is 9.43. The number of hydrogen-bond donors (Lipinski definition) is 2. The van der Waals surface area contributed by atoms with Gasteiger partial charge in [-0.25, -0.2) is 9.98 Å². The lowest BCUT2D eigenvalue weighted by molar-refractivity contribution is 0.570. The standard InChI is InChI=1S/C18H30N6S.HI/c1-8-19-17(20-9-14-12(2)23-24(7)13(14)3)21-10-16-22-15(11-25-16)18(4,5)6;/h11H,8-10H2,1-7H3,(H2,19,20,21);1H. The fraction of sp³-hybridized carbons (Fsp3) is 0.611. The van der Waals surface area contributed by atoms with Crippen molar-refractivity contribution in [3.63, 3.8) is 0 Å². The van der Waals surface area contributed by atoms with Crippen LogP contribution in [-0.4, -0.2) is 27.3 Å². The molecule has 0 aromatic carbocycles. The zero-order valence-corrected chi connectivity index (χ0v) is 20.0. The second-order valence-corrected chi connectivity index (χ2v) is 8.14. The monoisotopic (exact) mass is 490 g/mol. The Morgan fingerprint density at radius 1 is 1.27 bits per heavy atom. The molecule has 0 spiro atoms. The van der Waals surface area contributed by atoms with Gasteiger partial charge < -0.3 is 10.6 Å². The van der Waals surface area contributed by atoms with Crippen LogP contribution in [0.4, 0.5) is 0 Å². The maximum absolute atomic E-state index is 4.72. The maximum Gasteiger partial charge on any atom is 0.191 e. The van der Waals surface area contributed by atoms with Crippen LogP contribution in [-0.2, 0) is 25.6 Å². The lowest BCUT2D eigenvalue weighted by atomic mass is 9.93. The molecular weight excluding hydrogens is 459 g/mol. The van der Waals surface area contributed by atoms with E-state index in [1.165, 1.54) is 5.56 Å². The molecule has 6 nitrogen and oxygen atoms in total. The van der Waals surface area contributed by atoms with Crippen LogP contribution >= 0.6 is 35.3 Å². The summed E-state index contributed by atoms with van der Waals surface area (Å²) < 4.78 is 1.91. The molecule has 2 aromatic rings. The van der Waals surface area contributed by atoms with Crippen molar-refractivity contribution in [2.75, 3.05) is 6.54 Å². The molecular formula is C18H31IN6S. The Kier molecular flexibility index (Phi) is 8.52. The summed E-state index contributed by atoms with van der Waals surface area (Å²) >= 11 is 1.69. The van der Waals surface area contributed by atoms with Crippen LogP contribution in [0.3, 0.4) is 0 Å². The van der Waals surface area contributed by atoms with Gasteiger partial charge in [-0.3, -0.25) is 4.68 Å². The fourth-order valence-corrected chi connectivity index (χ4v) is 3.40. The first kappa shape index (κ1) is 22.9. The number of aliphatic imine (C=N–C) groups is 1. The molecule has 0 amide bonds. The quantitative estimate of drug-likeness (QED) is 0.382. The Labute approximate surface area is 177 Å². The molecule has 0 fully saturated rings. The van der Waals surface area contributed by atoms with Crippen LogP contribution in [0.1, 0.15) is 55.3 Å². The lowest BCUT2D eigenvalue weighted by Gasteiger charge is -2.14. The molecule has 2 heterocycles. The predicted octanol–water partition coefficient (Wildman–Crippen LogP) is 3.66. The van der Waals surface area contributed by atoms with E-state index in [1.807, 2.05) is 18.7 Å². The Morgan fingerprint density at radius 3 is 2.46 bits per heavy atom. The van der Waals surface area contributed by atoms with Crippen molar-refractivity contribution in [3.05, 3.63) is 33.0 Å². The van der Waals surface area contributed by atoms with Gasteiger partial charge in [0.05, 0.1) is 24.5 Å². The number of nitrogens with one attached hydrogen (secondary N) is 2. The Bertz CT molecular complexity index is 741. The largest absolute Gasteiger partial charge is 0.357 e. The molecule has 0 aliphatic rings. The van der Waals surface area contributed by atoms with Crippen molar-refractivity contribution >= 4 is 41.3 Å². The second-order valence-electron chi connectivity index (χ2n) is 7.20. The third kappa shape index (κ3) is 5.94. The summed E-state index contributed by atoms with van der Waals surface area (Å²) in [5, 5.41) is 14.3. The summed E-state index contributed by atoms with van der Waals surface area (Å²) in [6.45, 7) is 14.8. The Morgan fingerprint density at radius 2 is 1.96 bits per heavy atom. The normalized spacial score (nSPS) is 12.0. The summed E-state index contributed by atoms with van der Waals surface area (Å²) in [5.41, 5.74) is 4.60. The average Bonchev–Trinajstić information content (AvgIpc) is 3.09. The number of aryl methyl sites for hydroxylation is 2. The van der Waals surface area contributed by atoms with Crippen LogP contribution in [0.2, 0.25) is 0 Å². The van der Waals surface area contributed by atoms with Gasteiger partial charge in [-0.15, -0.1) is 35.3 Å². The van der Waals surface area contributed by atoms with Gasteiger partial charge in [-0.2, -0.15) is 5.10 Å². The van der Waals surface area contributed by atoms with Crippen LogP contribution < -0.4 is 10.6 Å². The minimum atomic E-state index is 0. The van der Waals surface area contributed by atoms with Crippen LogP contribution in [0.5, 0.6) is 0 Å². The van der Waals surface area contributed by atoms with Crippen molar-refractivity contribution in [2.24, 2.45) is 12.0 Å². The van der Waals surface area contributed by atoms with Gasteiger partial charge in [0.15, 0.2) is 5.96 Å². The third-order valence-corrected chi connectivity index (χ3v) is 4.97. The van der Waals surface area contributed by atoms with E-state index in [4.69, 9.17) is 9.98 Å². The van der Waals surface area contributed by atoms with Crippen molar-refractivity contribution in [1.29, 1.82) is 0 Å². The third-order valence-electron chi connectivity index (χ3n) is 4.13. The van der Waals surface area contributed by atoms with Gasteiger partial charge in [0.2, 0.25) is 0 Å². The molecule has 2 rings (SSSR count). The number of guanidine groups is 1. The maximum atomic E-state index is 4.72. The smallest absolute Gasteiger partial charge is 0.191 e. The first-order valence-corrected chi connectivity index (χ1v) is 9.56. The summed E-state index contributed by atoms with van der Waals surface area (Å²) in [6.07, 6.45) is 0. The van der Waals surface area contributed by atoms with E-state index in [-0.39, 0.29) is 29.4 Å². The molecule has 146 valence electrons. The second kappa shape index (κ2) is 9.68. The van der Waals surface area contributed by atoms with E-state index >= 15 is 0 Å². The van der Waals surface area contributed by atoms with Crippen LogP contribution in [0, 0.1) is 13.8 Å². The number of thiazole rings is 1. The zero-order valence-electron chi connectivity index (χ0n) is 16.8. The topological polar surface area (TPSA) is 67.1 Å². The van der Waals surface area contributed by atoms with E-state index in [2.05, 4.69) is 55.7 Å². The summed E-state index contributed by atoms with van der Waals surface area (Å²) in [6, 6.07) is 0. The minimum Gasteiger partial charge on any atom is -0.357 e. The number of halogens is 1. The van der Waals surface area contributed by atoms with E-state index in [0.29, 0.717) is 13.1 Å². The minimum absolute atomic E-state index is 0. The Balaban J connectivity index is 0.00000338. The van der Waals surface area contributed by atoms with E-state index in [9.17, 15) is 0 Å². The van der Waals surface area contributed by atoms with Gasteiger partial charge in [0.25, 0.3) is 0 Å². The van der Waals surface area contributed by atoms with Gasteiger partial charge in [0.1, 0.15) is 5.01 Å². The molecule has 0 atom stereocenters. The SMILES string of the molecule is CCNC(=NCc1c(C)nn(C)c1C)NCc1nc(C(C)(C)C)cs1.I. The highest BCUT2D eigenvalue weighted by atomic mass is 127. The molecule has 0 unspecified atom stereocenters.